The van der Waals surface area contributed by atoms with Gasteiger partial charge in [0.15, 0.2) is 0 Å². The van der Waals surface area contributed by atoms with Crippen LogP contribution in [0.25, 0.3) is 10.9 Å². The second kappa shape index (κ2) is 10.4. The van der Waals surface area contributed by atoms with Crippen molar-refractivity contribution in [2.24, 2.45) is 0 Å². The summed E-state index contributed by atoms with van der Waals surface area (Å²) < 4.78 is 0. The third-order valence-corrected chi connectivity index (χ3v) is 6.81. The smallest absolute Gasteiger partial charge is 0.244 e. The molecule has 2 aromatic carbocycles. The van der Waals surface area contributed by atoms with E-state index in [2.05, 4.69) is 90.9 Å². The summed E-state index contributed by atoms with van der Waals surface area (Å²) in [6.45, 7) is 2.07. The number of benzene rings is 2. The second-order valence-electron chi connectivity index (χ2n) is 9.07. The number of hydrogen-bond donors (Lipinski definition) is 2. The lowest BCUT2D eigenvalue weighted by Gasteiger charge is -2.44. The van der Waals surface area contributed by atoms with Crippen LogP contribution in [0.2, 0.25) is 0 Å². The molecule has 4 rings (SSSR count). The lowest BCUT2D eigenvalue weighted by molar-refractivity contribution is -0.117. The van der Waals surface area contributed by atoms with Crippen LogP contribution in [0, 0.1) is 0 Å². The maximum atomic E-state index is 12.7. The first kappa shape index (κ1) is 24.1. The summed E-state index contributed by atoms with van der Waals surface area (Å²) in [7, 11) is 4.33. The molecule has 1 amide bonds. The molecule has 32 heavy (non-hydrogen) atoms. The number of fused-ring (bicyclic) bond motifs is 1. The van der Waals surface area contributed by atoms with E-state index in [0.717, 1.165) is 37.6 Å². The molecule has 1 atom stereocenters. The van der Waals surface area contributed by atoms with Gasteiger partial charge in [-0.3, -0.25) is 9.69 Å². The predicted octanol–water partition coefficient (Wildman–Crippen LogP) is 5.59. The molecule has 1 aliphatic rings. The molecule has 0 bridgehead atoms. The van der Waals surface area contributed by atoms with Crippen molar-refractivity contribution in [3.63, 3.8) is 0 Å². The zero-order chi connectivity index (χ0) is 21.8. The standard InChI is InChI=1S/C27H33N3O.ClH/c1-20(17-22-19-28-25-12-8-7-11-24(22)25)29-26(31)18-21-13-15-27(16-14-21,30(2)3)23-9-5-4-6-10-23;/h4-12,18-20,28H,13-17H2,1-3H3,(H,29,31);1H. The molecule has 0 saturated heterocycles. The van der Waals surface area contributed by atoms with Crippen LogP contribution in [-0.2, 0) is 16.8 Å². The summed E-state index contributed by atoms with van der Waals surface area (Å²) in [5.74, 6) is 0.0272. The highest BCUT2D eigenvalue weighted by molar-refractivity contribution is 5.88. The monoisotopic (exact) mass is 451 g/mol. The summed E-state index contributed by atoms with van der Waals surface area (Å²) in [4.78, 5) is 18.3. The maximum absolute atomic E-state index is 12.7. The van der Waals surface area contributed by atoms with Crippen LogP contribution in [0.1, 0.15) is 43.7 Å². The van der Waals surface area contributed by atoms with Gasteiger partial charge >= 0.3 is 0 Å². The molecule has 5 heteroatoms. The van der Waals surface area contributed by atoms with Gasteiger partial charge in [-0.15, -0.1) is 12.4 Å². The molecular weight excluding hydrogens is 418 g/mol. The fourth-order valence-electron chi connectivity index (χ4n) is 5.02. The Kier molecular flexibility index (Phi) is 7.81. The van der Waals surface area contributed by atoms with E-state index in [1.807, 2.05) is 12.1 Å². The number of halogens is 1. The minimum Gasteiger partial charge on any atom is -0.361 e. The number of para-hydroxylation sites is 1. The van der Waals surface area contributed by atoms with Crippen LogP contribution in [0.15, 0.2) is 72.4 Å². The number of H-pyrrole nitrogens is 1. The fraction of sp³-hybridized carbons (Fsp3) is 0.370. The Morgan fingerprint density at radius 1 is 1.09 bits per heavy atom. The number of hydrogen-bond acceptors (Lipinski definition) is 2. The lowest BCUT2D eigenvalue weighted by atomic mass is 9.74. The highest BCUT2D eigenvalue weighted by atomic mass is 35.5. The molecule has 4 nitrogen and oxygen atoms in total. The molecule has 1 fully saturated rings. The van der Waals surface area contributed by atoms with Gasteiger partial charge < -0.3 is 10.3 Å². The van der Waals surface area contributed by atoms with Crippen molar-refractivity contribution in [2.45, 2.75) is 50.6 Å². The zero-order valence-corrected chi connectivity index (χ0v) is 20.0. The van der Waals surface area contributed by atoms with Gasteiger partial charge in [-0.05, 0) is 70.3 Å². The third-order valence-electron chi connectivity index (χ3n) is 6.81. The van der Waals surface area contributed by atoms with Gasteiger partial charge in [0.1, 0.15) is 0 Å². The van der Waals surface area contributed by atoms with Gasteiger partial charge in [0.2, 0.25) is 5.91 Å². The van der Waals surface area contributed by atoms with E-state index in [0.29, 0.717) is 0 Å². The molecule has 1 saturated carbocycles. The number of aromatic amines is 1. The highest BCUT2D eigenvalue weighted by Gasteiger charge is 2.37. The Hall–Kier alpha value is -2.56. The Labute approximate surface area is 197 Å². The van der Waals surface area contributed by atoms with Gasteiger partial charge in [0.05, 0.1) is 0 Å². The van der Waals surface area contributed by atoms with Gasteiger partial charge in [-0.25, -0.2) is 0 Å². The van der Waals surface area contributed by atoms with E-state index in [9.17, 15) is 4.79 Å². The topological polar surface area (TPSA) is 48.1 Å². The summed E-state index contributed by atoms with van der Waals surface area (Å²) in [6, 6.07) is 19.2. The van der Waals surface area contributed by atoms with Crippen molar-refractivity contribution >= 4 is 29.2 Å². The number of nitrogens with zero attached hydrogens (tertiary/aromatic N) is 1. The molecule has 0 aliphatic heterocycles. The summed E-state index contributed by atoms with van der Waals surface area (Å²) in [6.07, 6.45) is 8.70. The van der Waals surface area contributed by atoms with E-state index < -0.39 is 0 Å². The first-order chi connectivity index (χ1) is 15.0. The Bertz CT molecular complexity index is 1060. The molecule has 170 valence electrons. The van der Waals surface area contributed by atoms with E-state index in [1.54, 1.807) is 0 Å². The molecule has 0 radical (unpaired) electrons. The lowest BCUT2D eigenvalue weighted by Crippen LogP contribution is -2.43. The third kappa shape index (κ3) is 5.08. The highest BCUT2D eigenvalue weighted by Crippen LogP contribution is 2.42. The molecule has 1 aliphatic carbocycles. The molecule has 3 aromatic rings. The number of rotatable bonds is 6. The van der Waals surface area contributed by atoms with Gasteiger partial charge in [-0.2, -0.15) is 0 Å². The van der Waals surface area contributed by atoms with Crippen molar-refractivity contribution in [2.75, 3.05) is 14.1 Å². The normalized spacial score (nSPS) is 19.4. The average molecular weight is 452 g/mol. The van der Waals surface area contributed by atoms with E-state index >= 15 is 0 Å². The van der Waals surface area contributed by atoms with Crippen LogP contribution in [0.3, 0.4) is 0 Å². The fourth-order valence-corrected chi connectivity index (χ4v) is 5.02. The summed E-state index contributed by atoms with van der Waals surface area (Å²) in [5, 5.41) is 4.40. The first-order valence-electron chi connectivity index (χ1n) is 11.3. The molecular formula is C27H34ClN3O. The SMILES string of the molecule is CC(Cc1c[nH]c2ccccc12)NC(=O)C=C1CCC(c2ccccc2)(N(C)C)CC1.Cl. The first-order valence-corrected chi connectivity index (χ1v) is 11.3. The average Bonchev–Trinajstić information content (AvgIpc) is 3.17. The van der Waals surface area contributed by atoms with Crippen molar-refractivity contribution < 1.29 is 4.79 Å². The quantitative estimate of drug-likeness (QED) is 0.479. The molecule has 0 spiro atoms. The number of carbonyl (C=O) groups excluding carboxylic acids is 1. The van der Waals surface area contributed by atoms with Crippen LogP contribution < -0.4 is 5.32 Å². The largest absolute Gasteiger partial charge is 0.361 e. The van der Waals surface area contributed by atoms with Crippen LogP contribution in [0.4, 0.5) is 0 Å². The van der Waals surface area contributed by atoms with Crippen LogP contribution in [0.5, 0.6) is 0 Å². The number of carbonyl (C=O) groups is 1. The number of amides is 1. The molecule has 1 aromatic heterocycles. The Balaban J connectivity index is 0.00000289. The van der Waals surface area contributed by atoms with Crippen molar-refractivity contribution in [1.29, 1.82) is 0 Å². The van der Waals surface area contributed by atoms with E-state index in [4.69, 9.17) is 0 Å². The van der Waals surface area contributed by atoms with Crippen molar-refractivity contribution in [3.05, 3.63) is 83.6 Å². The Morgan fingerprint density at radius 2 is 1.75 bits per heavy atom. The zero-order valence-electron chi connectivity index (χ0n) is 19.2. The Morgan fingerprint density at radius 3 is 2.44 bits per heavy atom. The van der Waals surface area contributed by atoms with Crippen molar-refractivity contribution in [3.8, 4) is 0 Å². The summed E-state index contributed by atoms with van der Waals surface area (Å²) >= 11 is 0. The van der Waals surface area contributed by atoms with Crippen LogP contribution in [-0.4, -0.2) is 35.9 Å². The van der Waals surface area contributed by atoms with E-state index in [1.165, 1.54) is 22.1 Å². The summed E-state index contributed by atoms with van der Waals surface area (Å²) in [5.41, 5.74) is 5.06. The number of nitrogens with one attached hydrogen (secondary N) is 2. The minimum absolute atomic E-state index is 0. The maximum Gasteiger partial charge on any atom is 0.244 e. The molecule has 1 heterocycles. The van der Waals surface area contributed by atoms with Gasteiger partial charge in [-0.1, -0.05) is 54.1 Å². The predicted molar refractivity (Wildman–Crippen MR) is 135 cm³/mol. The second-order valence-corrected chi connectivity index (χ2v) is 9.07. The molecule has 2 N–H and O–H groups in total. The van der Waals surface area contributed by atoms with Crippen LogP contribution >= 0.6 is 12.4 Å². The van der Waals surface area contributed by atoms with Gasteiger partial charge in [0, 0.05) is 34.8 Å². The van der Waals surface area contributed by atoms with Crippen molar-refractivity contribution in [1.82, 2.24) is 15.2 Å². The van der Waals surface area contributed by atoms with Gasteiger partial charge in [0.25, 0.3) is 0 Å². The number of allylic oxidation sites excluding steroid dienone is 1. The number of aromatic nitrogens is 1. The molecule has 1 unspecified atom stereocenters. The minimum atomic E-state index is 0. The van der Waals surface area contributed by atoms with E-state index in [-0.39, 0.29) is 29.9 Å².